The first kappa shape index (κ1) is 18.0. The molecular weight excluding hydrogens is 376 g/mol. The molecule has 0 aliphatic carbocycles. The molecule has 0 spiro atoms. The standard InChI is InChI=1S/C18H17BrO5/c1-11(9-12-7-8-16(23-2)15(19)10-12)24-18(22)14-6-4-3-5-13(14)17(20)21/h3-8,10-11H,9H2,1-2H3,(H,20,21). The molecule has 0 saturated heterocycles. The summed E-state index contributed by atoms with van der Waals surface area (Å²) in [6.45, 7) is 1.76. The molecular formula is C18H17BrO5. The van der Waals surface area contributed by atoms with Crippen molar-refractivity contribution < 1.29 is 24.2 Å². The third-order valence-electron chi connectivity index (χ3n) is 3.42. The molecule has 0 aromatic heterocycles. The highest BCUT2D eigenvalue weighted by atomic mass is 79.9. The van der Waals surface area contributed by atoms with E-state index < -0.39 is 18.0 Å². The summed E-state index contributed by atoms with van der Waals surface area (Å²) < 4.78 is 11.4. The van der Waals surface area contributed by atoms with Gasteiger partial charge in [-0.15, -0.1) is 0 Å². The van der Waals surface area contributed by atoms with Crippen LogP contribution in [0.25, 0.3) is 0 Å². The van der Waals surface area contributed by atoms with Gasteiger partial charge in [-0.05, 0) is 52.7 Å². The van der Waals surface area contributed by atoms with Crippen LogP contribution in [0.15, 0.2) is 46.9 Å². The zero-order chi connectivity index (χ0) is 17.7. The highest BCUT2D eigenvalue weighted by molar-refractivity contribution is 9.10. The molecule has 0 aliphatic heterocycles. The lowest BCUT2D eigenvalue weighted by Crippen LogP contribution is -2.19. The van der Waals surface area contributed by atoms with E-state index in [1.54, 1.807) is 26.2 Å². The normalized spacial score (nSPS) is 11.6. The van der Waals surface area contributed by atoms with Crippen molar-refractivity contribution in [3.8, 4) is 5.75 Å². The second-order valence-electron chi connectivity index (χ2n) is 5.24. The SMILES string of the molecule is COc1ccc(CC(C)OC(=O)c2ccccc2C(=O)O)cc1Br. The number of ether oxygens (including phenoxy) is 2. The van der Waals surface area contributed by atoms with E-state index in [0.717, 1.165) is 15.8 Å². The van der Waals surface area contributed by atoms with Crippen molar-refractivity contribution in [2.45, 2.75) is 19.4 Å². The first-order valence-corrected chi connectivity index (χ1v) is 8.07. The van der Waals surface area contributed by atoms with Crippen LogP contribution >= 0.6 is 15.9 Å². The number of carbonyl (C=O) groups excluding carboxylic acids is 1. The van der Waals surface area contributed by atoms with Crippen LogP contribution in [0.2, 0.25) is 0 Å². The number of methoxy groups -OCH3 is 1. The number of benzene rings is 2. The van der Waals surface area contributed by atoms with E-state index >= 15 is 0 Å². The van der Waals surface area contributed by atoms with Gasteiger partial charge in [-0.1, -0.05) is 18.2 Å². The second-order valence-corrected chi connectivity index (χ2v) is 6.09. The average molecular weight is 393 g/mol. The molecule has 0 saturated carbocycles. The number of hydrogen-bond donors (Lipinski definition) is 1. The van der Waals surface area contributed by atoms with Crippen molar-refractivity contribution in [2.75, 3.05) is 7.11 Å². The van der Waals surface area contributed by atoms with Crippen molar-refractivity contribution >= 4 is 27.9 Å². The Bertz CT molecular complexity index is 757. The Kier molecular flexibility index (Phi) is 5.98. The van der Waals surface area contributed by atoms with Crippen LogP contribution < -0.4 is 4.74 Å². The molecule has 0 bridgehead atoms. The lowest BCUT2D eigenvalue weighted by molar-refractivity contribution is 0.0336. The summed E-state index contributed by atoms with van der Waals surface area (Å²) in [5.74, 6) is -1.08. The lowest BCUT2D eigenvalue weighted by atomic mass is 10.1. The zero-order valence-electron chi connectivity index (χ0n) is 13.3. The molecule has 6 heteroatoms. The highest BCUT2D eigenvalue weighted by Gasteiger charge is 2.19. The third kappa shape index (κ3) is 4.35. The fourth-order valence-corrected chi connectivity index (χ4v) is 2.89. The van der Waals surface area contributed by atoms with E-state index in [1.165, 1.54) is 12.1 Å². The fraction of sp³-hybridized carbons (Fsp3) is 0.222. The third-order valence-corrected chi connectivity index (χ3v) is 4.04. The quantitative estimate of drug-likeness (QED) is 0.753. The zero-order valence-corrected chi connectivity index (χ0v) is 14.9. The minimum Gasteiger partial charge on any atom is -0.496 e. The number of aromatic carboxylic acids is 1. The van der Waals surface area contributed by atoms with Gasteiger partial charge in [0.25, 0.3) is 0 Å². The molecule has 2 rings (SSSR count). The average Bonchev–Trinajstić information content (AvgIpc) is 2.54. The Labute approximate surface area is 148 Å². The molecule has 0 aliphatic rings. The van der Waals surface area contributed by atoms with Crippen LogP contribution in [0.3, 0.4) is 0 Å². The number of carboxylic acid groups (broad SMARTS) is 1. The maximum absolute atomic E-state index is 12.2. The van der Waals surface area contributed by atoms with Gasteiger partial charge >= 0.3 is 11.9 Å². The van der Waals surface area contributed by atoms with Gasteiger partial charge in [0, 0.05) is 6.42 Å². The summed E-state index contributed by atoms with van der Waals surface area (Å²) >= 11 is 3.41. The minimum atomic E-state index is -1.16. The number of rotatable bonds is 6. The highest BCUT2D eigenvalue weighted by Crippen LogP contribution is 2.26. The number of carboxylic acids is 1. The van der Waals surface area contributed by atoms with E-state index in [1.807, 2.05) is 18.2 Å². The van der Waals surface area contributed by atoms with Crippen LogP contribution in [0.4, 0.5) is 0 Å². The van der Waals surface area contributed by atoms with Crippen LogP contribution in [0, 0.1) is 0 Å². The molecule has 1 atom stereocenters. The first-order chi connectivity index (χ1) is 11.4. The van der Waals surface area contributed by atoms with Gasteiger partial charge in [0.1, 0.15) is 11.9 Å². The molecule has 5 nitrogen and oxygen atoms in total. The number of hydrogen-bond acceptors (Lipinski definition) is 4. The lowest BCUT2D eigenvalue weighted by Gasteiger charge is -2.15. The summed E-state index contributed by atoms with van der Waals surface area (Å²) in [7, 11) is 1.59. The summed E-state index contributed by atoms with van der Waals surface area (Å²) in [5, 5.41) is 9.14. The van der Waals surface area contributed by atoms with Gasteiger partial charge in [-0.2, -0.15) is 0 Å². The van der Waals surface area contributed by atoms with Gasteiger partial charge < -0.3 is 14.6 Å². The summed E-state index contributed by atoms with van der Waals surface area (Å²) in [5.41, 5.74) is 0.948. The Hall–Kier alpha value is -2.34. The van der Waals surface area contributed by atoms with Gasteiger partial charge in [-0.3, -0.25) is 0 Å². The smallest absolute Gasteiger partial charge is 0.339 e. The Morgan fingerprint density at radius 2 is 1.83 bits per heavy atom. The molecule has 0 fully saturated rings. The summed E-state index contributed by atoms with van der Waals surface area (Å²) in [6.07, 6.45) is 0.100. The number of halogens is 1. The van der Waals surface area contributed by atoms with Gasteiger partial charge in [-0.25, -0.2) is 9.59 Å². The van der Waals surface area contributed by atoms with Gasteiger partial charge in [0.05, 0.1) is 22.7 Å². The van der Waals surface area contributed by atoms with Crippen molar-refractivity contribution in [3.63, 3.8) is 0 Å². The number of esters is 1. The monoisotopic (exact) mass is 392 g/mol. The van der Waals surface area contributed by atoms with Crippen molar-refractivity contribution in [2.24, 2.45) is 0 Å². The van der Waals surface area contributed by atoms with E-state index in [9.17, 15) is 9.59 Å². The second kappa shape index (κ2) is 7.97. The molecule has 0 amide bonds. The van der Waals surface area contributed by atoms with Crippen LogP contribution in [-0.2, 0) is 11.2 Å². The van der Waals surface area contributed by atoms with Crippen molar-refractivity contribution in [1.82, 2.24) is 0 Å². The van der Waals surface area contributed by atoms with Crippen LogP contribution in [0.5, 0.6) is 5.75 Å². The Balaban J connectivity index is 2.07. The van der Waals surface area contributed by atoms with E-state index in [2.05, 4.69) is 15.9 Å². The maximum Gasteiger partial charge on any atom is 0.339 e. The summed E-state index contributed by atoms with van der Waals surface area (Å²) in [4.78, 5) is 23.4. The van der Waals surface area contributed by atoms with Crippen molar-refractivity contribution in [3.05, 3.63) is 63.6 Å². The Morgan fingerprint density at radius 1 is 1.17 bits per heavy atom. The molecule has 2 aromatic carbocycles. The molecule has 0 radical (unpaired) electrons. The molecule has 0 heterocycles. The molecule has 24 heavy (non-hydrogen) atoms. The maximum atomic E-state index is 12.2. The number of carbonyl (C=O) groups is 2. The predicted molar refractivity (Wildman–Crippen MR) is 92.7 cm³/mol. The van der Waals surface area contributed by atoms with E-state index in [4.69, 9.17) is 14.6 Å². The molecule has 126 valence electrons. The van der Waals surface area contributed by atoms with Crippen molar-refractivity contribution in [1.29, 1.82) is 0 Å². The molecule has 1 unspecified atom stereocenters. The molecule has 2 aromatic rings. The topological polar surface area (TPSA) is 72.8 Å². The van der Waals surface area contributed by atoms with Gasteiger partial charge in [0.2, 0.25) is 0 Å². The van der Waals surface area contributed by atoms with Gasteiger partial charge in [0.15, 0.2) is 0 Å². The minimum absolute atomic E-state index is 0.0489. The Morgan fingerprint density at radius 3 is 2.42 bits per heavy atom. The molecule has 1 N–H and O–H groups in total. The van der Waals surface area contributed by atoms with Crippen LogP contribution in [0.1, 0.15) is 33.2 Å². The first-order valence-electron chi connectivity index (χ1n) is 7.28. The van der Waals surface area contributed by atoms with E-state index in [0.29, 0.717) is 6.42 Å². The van der Waals surface area contributed by atoms with E-state index in [-0.39, 0.29) is 11.1 Å². The predicted octanol–water partition coefficient (Wildman–Crippen LogP) is 3.94. The fourth-order valence-electron chi connectivity index (χ4n) is 2.30. The van der Waals surface area contributed by atoms with Crippen LogP contribution in [-0.4, -0.2) is 30.3 Å². The largest absolute Gasteiger partial charge is 0.496 e. The summed E-state index contributed by atoms with van der Waals surface area (Å²) in [6, 6.07) is 11.6.